The number of carbonyl (C=O) groups excluding carboxylic acids is 2. The van der Waals surface area contributed by atoms with Gasteiger partial charge in [0.15, 0.2) is 10.9 Å². The monoisotopic (exact) mass is 372 g/mol. The van der Waals surface area contributed by atoms with Crippen molar-refractivity contribution in [2.24, 2.45) is 5.73 Å². The predicted octanol–water partition coefficient (Wildman–Crippen LogP) is 2.93. The van der Waals surface area contributed by atoms with Crippen molar-refractivity contribution in [2.75, 3.05) is 5.75 Å². The number of ketones is 1. The zero-order chi connectivity index (χ0) is 18.8. The van der Waals surface area contributed by atoms with E-state index in [1.165, 1.54) is 17.3 Å². The van der Waals surface area contributed by atoms with Gasteiger partial charge in [0.05, 0.1) is 5.75 Å². The van der Waals surface area contributed by atoms with Gasteiger partial charge >= 0.3 is 0 Å². The standard InChI is InChI=1S/C19H24N4O2S/c1-11-8-13(3)15(9-12(11)2)16(24)10-26-19-22-21-18(14-4-5-14)23(19)7-6-17(20)25/h8-9,14H,4-7,10H2,1-3H3,(H2,20,25). The van der Waals surface area contributed by atoms with Gasteiger partial charge in [-0.3, -0.25) is 9.59 Å². The topological polar surface area (TPSA) is 90.9 Å². The number of carbonyl (C=O) groups is 2. The van der Waals surface area contributed by atoms with Crippen LogP contribution in [0, 0.1) is 20.8 Å². The molecular formula is C19H24N4O2S. The normalized spacial score (nSPS) is 13.8. The molecule has 138 valence electrons. The Labute approximate surface area is 157 Å². The summed E-state index contributed by atoms with van der Waals surface area (Å²) in [7, 11) is 0. The van der Waals surface area contributed by atoms with E-state index >= 15 is 0 Å². The molecule has 1 fully saturated rings. The van der Waals surface area contributed by atoms with E-state index in [0.29, 0.717) is 23.4 Å². The van der Waals surface area contributed by atoms with Crippen molar-refractivity contribution in [1.82, 2.24) is 14.8 Å². The first-order valence-corrected chi connectivity index (χ1v) is 9.80. The van der Waals surface area contributed by atoms with Gasteiger partial charge in [0.2, 0.25) is 5.91 Å². The van der Waals surface area contributed by atoms with E-state index in [2.05, 4.69) is 10.2 Å². The molecule has 0 unspecified atom stereocenters. The van der Waals surface area contributed by atoms with Crippen molar-refractivity contribution in [3.05, 3.63) is 40.2 Å². The number of Topliss-reactive ketones (excluding diaryl/α,β-unsaturated/α-hetero) is 1. The highest BCUT2D eigenvalue weighted by Crippen LogP contribution is 2.40. The highest BCUT2D eigenvalue weighted by atomic mass is 32.2. The number of primary amides is 1. The van der Waals surface area contributed by atoms with Gasteiger partial charge in [-0.05, 0) is 56.4 Å². The SMILES string of the molecule is Cc1cc(C)c(C(=O)CSc2nnc(C3CC3)n2CCC(N)=O)cc1C. The summed E-state index contributed by atoms with van der Waals surface area (Å²) in [6.45, 7) is 6.49. The molecule has 7 heteroatoms. The van der Waals surface area contributed by atoms with Crippen LogP contribution in [0.15, 0.2) is 17.3 Å². The number of thioether (sulfide) groups is 1. The van der Waals surface area contributed by atoms with Gasteiger partial charge in [-0.15, -0.1) is 10.2 Å². The number of hydrogen-bond acceptors (Lipinski definition) is 5. The molecule has 0 aliphatic heterocycles. The summed E-state index contributed by atoms with van der Waals surface area (Å²) < 4.78 is 1.95. The van der Waals surface area contributed by atoms with E-state index in [4.69, 9.17) is 5.73 Å². The fourth-order valence-electron chi connectivity index (χ4n) is 2.95. The Morgan fingerprint density at radius 1 is 1.15 bits per heavy atom. The largest absolute Gasteiger partial charge is 0.370 e. The summed E-state index contributed by atoms with van der Waals surface area (Å²) >= 11 is 1.37. The highest BCUT2D eigenvalue weighted by Gasteiger charge is 2.30. The quantitative estimate of drug-likeness (QED) is 0.568. The van der Waals surface area contributed by atoms with Crippen LogP contribution in [0.1, 0.15) is 58.1 Å². The Morgan fingerprint density at radius 3 is 2.50 bits per heavy atom. The lowest BCUT2D eigenvalue weighted by Crippen LogP contribution is -2.16. The fourth-order valence-corrected chi connectivity index (χ4v) is 3.81. The zero-order valence-corrected chi connectivity index (χ0v) is 16.2. The Balaban J connectivity index is 1.74. The van der Waals surface area contributed by atoms with Crippen LogP contribution >= 0.6 is 11.8 Å². The van der Waals surface area contributed by atoms with Crippen LogP contribution in [0.2, 0.25) is 0 Å². The van der Waals surface area contributed by atoms with Crippen LogP contribution in [0.3, 0.4) is 0 Å². The van der Waals surface area contributed by atoms with Gasteiger partial charge in [-0.1, -0.05) is 17.8 Å². The van der Waals surface area contributed by atoms with E-state index in [1.807, 2.05) is 37.5 Å². The summed E-state index contributed by atoms with van der Waals surface area (Å²) in [5.41, 5.74) is 9.34. The summed E-state index contributed by atoms with van der Waals surface area (Å²) in [5.74, 6) is 1.35. The lowest BCUT2D eigenvalue weighted by atomic mass is 9.99. The third-order valence-electron chi connectivity index (χ3n) is 4.74. The molecule has 3 rings (SSSR count). The molecule has 26 heavy (non-hydrogen) atoms. The number of hydrogen-bond donors (Lipinski definition) is 1. The number of aromatic nitrogens is 3. The van der Waals surface area contributed by atoms with Crippen molar-refractivity contribution < 1.29 is 9.59 Å². The third kappa shape index (κ3) is 4.15. The van der Waals surface area contributed by atoms with Gasteiger partial charge < -0.3 is 10.3 Å². The van der Waals surface area contributed by atoms with Gasteiger partial charge in [0.1, 0.15) is 5.82 Å². The Hall–Kier alpha value is -2.15. The molecule has 0 atom stereocenters. The average Bonchev–Trinajstić information content (AvgIpc) is 3.34. The Morgan fingerprint density at radius 2 is 1.85 bits per heavy atom. The lowest BCUT2D eigenvalue weighted by Gasteiger charge is -2.10. The number of aryl methyl sites for hydroxylation is 3. The summed E-state index contributed by atoms with van der Waals surface area (Å²) in [6.07, 6.45) is 2.44. The number of nitrogens with two attached hydrogens (primary N) is 1. The molecule has 2 N–H and O–H groups in total. The second-order valence-electron chi connectivity index (χ2n) is 6.95. The van der Waals surface area contributed by atoms with Gasteiger partial charge in [0.25, 0.3) is 0 Å². The van der Waals surface area contributed by atoms with E-state index in [1.54, 1.807) is 0 Å². The minimum absolute atomic E-state index is 0.0769. The molecule has 1 aliphatic rings. The number of benzene rings is 1. The van der Waals surface area contributed by atoms with Crippen LogP contribution in [0.4, 0.5) is 0 Å². The summed E-state index contributed by atoms with van der Waals surface area (Å²) in [4.78, 5) is 23.8. The van der Waals surface area contributed by atoms with Crippen molar-refractivity contribution in [2.45, 2.75) is 57.7 Å². The van der Waals surface area contributed by atoms with Gasteiger partial charge in [-0.2, -0.15) is 0 Å². The minimum atomic E-state index is -0.349. The van der Waals surface area contributed by atoms with Crippen LogP contribution < -0.4 is 5.73 Å². The lowest BCUT2D eigenvalue weighted by molar-refractivity contribution is -0.118. The van der Waals surface area contributed by atoms with E-state index in [0.717, 1.165) is 35.4 Å². The summed E-state index contributed by atoms with van der Waals surface area (Å²) in [6, 6.07) is 4.01. The molecule has 6 nitrogen and oxygen atoms in total. The van der Waals surface area contributed by atoms with Crippen molar-refractivity contribution >= 4 is 23.5 Å². The molecule has 1 amide bonds. The first-order chi connectivity index (χ1) is 12.4. The molecular weight excluding hydrogens is 348 g/mol. The van der Waals surface area contributed by atoms with Crippen molar-refractivity contribution in [3.8, 4) is 0 Å². The molecule has 1 heterocycles. The van der Waals surface area contributed by atoms with Crippen molar-refractivity contribution in [1.29, 1.82) is 0 Å². The highest BCUT2D eigenvalue weighted by molar-refractivity contribution is 7.99. The predicted molar refractivity (Wildman–Crippen MR) is 102 cm³/mol. The van der Waals surface area contributed by atoms with Gasteiger partial charge in [-0.25, -0.2) is 0 Å². The minimum Gasteiger partial charge on any atom is -0.370 e. The summed E-state index contributed by atoms with van der Waals surface area (Å²) in [5, 5.41) is 9.21. The van der Waals surface area contributed by atoms with E-state index < -0.39 is 0 Å². The molecule has 0 saturated heterocycles. The maximum atomic E-state index is 12.7. The van der Waals surface area contributed by atoms with E-state index in [9.17, 15) is 9.59 Å². The zero-order valence-electron chi connectivity index (χ0n) is 15.4. The molecule has 2 aromatic rings. The third-order valence-corrected chi connectivity index (χ3v) is 5.71. The van der Waals surface area contributed by atoms with Crippen molar-refractivity contribution in [3.63, 3.8) is 0 Å². The average molecular weight is 372 g/mol. The van der Waals surface area contributed by atoms with E-state index in [-0.39, 0.29) is 18.1 Å². The Kier molecular flexibility index (Phi) is 5.46. The number of nitrogens with zero attached hydrogens (tertiary/aromatic N) is 3. The molecule has 1 aromatic carbocycles. The second-order valence-corrected chi connectivity index (χ2v) is 7.89. The molecule has 0 spiro atoms. The Bertz CT molecular complexity index is 855. The second kappa shape index (κ2) is 7.61. The van der Waals surface area contributed by atoms with Crippen LogP contribution in [0.5, 0.6) is 0 Å². The first kappa shape index (κ1) is 18.6. The smallest absolute Gasteiger partial charge is 0.219 e. The maximum absolute atomic E-state index is 12.7. The van der Waals surface area contributed by atoms with Crippen LogP contribution in [0.25, 0.3) is 0 Å². The number of amides is 1. The first-order valence-electron chi connectivity index (χ1n) is 8.82. The maximum Gasteiger partial charge on any atom is 0.219 e. The van der Waals surface area contributed by atoms with Crippen LogP contribution in [-0.4, -0.2) is 32.2 Å². The molecule has 1 aromatic heterocycles. The number of rotatable bonds is 8. The fraction of sp³-hybridized carbons (Fsp3) is 0.474. The van der Waals surface area contributed by atoms with Crippen LogP contribution in [-0.2, 0) is 11.3 Å². The molecule has 0 radical (unpaired) electrons. The molecule has 1 saturated carbocycles. The molecule has 0 bridgehead atoms. The molecule has 1 aliphatic carbocycles. The van der Waals surface area contributed by atoms with Gasteiger partial charge in [0, 0.05) is 24.4 Å².